The van der Waals surface area contributed by atoms with Crippen LogP contribution in [0.5, 0.6) is 5.75 Å². The zero-order valence-electron chi connectivity index (χ0n) is 15.4. The first-order chi connectivity index (χ1) is 13.7. The van der Waals surface area contributed by atoms with E-state index in [0.29, 0.717) is 37.5 Å². The summed E-state index contributed by atoms with van der Waals surface area (Å²) in [7, 11) is 0. The molecule has 0 radical (unpaired) electrons. The summed E-state index contributed by atoms with van der Waals surface area (Å²) in [6.45, 7) is 1.89. The molecule has 1 aliphatic rings. The van der Waals surface area contributed by atoms with Crippen molar-refractivity contribution in [3.63, 3.8) is 0 Å². The van der Waals surface area contributed by atoms with Gasteiger partial charge in [0, 0.05) is 49.8 Å². The van der Waals surface area contributed by atoms with Crippen LogP contribution in [0.15, 0.2) is 79.1 Å². The zero-order valence-corrected chi connectivity index (χ0v) is 15.4. The van der Waals surface area contributed by atoms with Gasteiger partial charge in [0.15, 0.2) is 0 Å². The van der Waals surface area contributed by atoms with E-state index in [1.165, 1.54) is 0 Å². The van der Waals surface area contributed by atoms with Crippen LogP contribution >= 0.6 is 0 Å². The Hall–Kier alpha value is -3.54. The molecule has 0 atom stereocenters. The molecular weight excluding hydrogens is 354 g/mol. The van der Waals surface area contributed by atoms with Crippen molar-refractivity contribution in [2.45, 2.75) is 0 Å². The van der Waals surface area contributed by atoms with Crippen molar-refractivity contribution in [1.29, 1.82) is 0 Å². The fourth-order valence-electron chi connectivity index (χ4n) is 3.21. The molecule has 3 aromatic rings. The zero-order chi connectivity index (χ0) is 19.3. The summed E-state index contributed by atoms with van der Waals surface area (Å²) in [6, 6.07) is 20.5. The van der Waals surface area contributed by atoms with Gasteiger partial charge in [-0.25, -0.2) is 4.79 Å². The van der Waals surface area contributed by atoms with Gasteiger partial charge in [-0.1, -0.05) is 18.2 Å². The molecule has 0 unspecified atom stereocenters. The Balaban J connectivity index is 1.33. The molecule has 1 saturated heterocycles. The Kier molecular flexibility index (Phi) is 5.10. The van der Waals surface area contributed by atoms with E-state index in [1.54, 1.807) is 21.9 Å². The third kappa shape index (κ3) is 3.91. The van der Waals surface area contributed by atoms with E-state index >= 15 is 0 Å². The molecule has 6 heteroatoms. The largest absolute Gasteiger partial charge is 0.415 e. The van der Waals surface area contributed by atoms with E-state index in [1.807, 2.05) is 71.6 Å². The lowest BCUT2D eigenvalue weighted by atomic mass is 10.1. The number of para-hydroxylation sites is 1. The van der Waals surface area contributed by atoms with E-state index in [0.717, 1.165) is 5.69 Å². The quantitative estimate of drug-likeness (QED) is 0.705. The lowest BCUT2D eigenvalue weighted by Crippen LogP contribution is -2.51. The van der Waals surface area contributed by atoms with Gasteiger partial charge in [-0.15, -0.1) is 0 Å². The van der Waals surface area contributed by atoms with E-state index in [-0.39, 0.29) is 12.0 Å². The molecule has 4 rings (SSSR count). The number of rotatable bonds is 3. The minimum atomic E-state index is -0.380. The molecule has 28 heavy (non-hydrogen) atoms. The first-order valence-electron chi connectivity index (χ1n) is 9.25. The lowest BCUT2D eigenvalue weighted by molar-refractivity contribution is 0.0633. The lowest BCUT2D eigenvalue weighted by Gasteiger charge is -2.34. The van der Waals surface area contributed by atoms with Crippen LogP contribution in [0.25, 0.3) is 5.69 Å². The standard InChI is InChI=1S/C22H21N3O3/c26-21(18-8-10-19(11-9-18)23-12-4-5-13-23)24-14-16-25(17-15-24)22(27)28-20-6-2-1-3-7-20/h1-13H,14-17H2. The summed E-state index contributed by atoms with van der Waals surface area (Å²) in [5.74, 6) is 0.504. The average Bonchev–Trinajstić information content (AvgIpc) is 3.29. The number of carbonyl (C=O) groups is 2. The van der Waals surface area contributed by atoms with Crippen LogP contribution in [0.2, 0.25) is 0 Å². The fraction of sp³-hybridized carbons (Fsp3) is 0.182. The summed E-state index contributed by atoms with van der Waals surface area (Å²) in [6.07, 6.45) is 3.55. The number of hydrogen-bond donors (Lipinski definition) is 0. The number of nitrogens with zero attached hydrogens (tertiary/aromatic N) is 3. The van der Waals surface area contributed by atoms with Crippen LogP contribution < -0.4 is 4.74 Å². The Morgan fingerprint density at radius 3 is 1.96 bits per heavy atom. The molecule has 6 nitrogen and oxygen atoms in total. The monoisotopic (exact) mass is 375 g/mol. The molecule has 2 heterocycles. The molecule has 0 N–H and O–H groups in total. The van der Waals surface area contributed by atoms with Gasteiger partial charge < -0.3 is 19.1 Å². The molecule has 0 saturated carbocycles. The smallest absolute Gasteiger partial charge is 0.410 e. The van der Waals surface area contributed by atoms with Gasteiger partial charge in [-0.2, -0.15) is 0 Å². The van der Waals surface area contributed by atoms with E-state index in [9.17, 15) is 9.59 Å². The predicted molar refractivity (Wildman–Crippen MR) is 106 cm³/mol. The number of benzene rings is 2. The SMILES string of the molecule is O=C(Oc1ccccc1)N1CCN(C(=O)c2ccc(-n3cccc3)cc2)CC1. The van der Waals surface area contributed by atoms with Crippen molar-refractivity contribution in [2.24, 2.45) is 0 Å². The first kappa shape index (κ1) is 17.9. The van der Waals surface area contributed by atoms with E-state index in [2.05, 4.69) is 0 Å². The Bertz CT molecular complexity index is 929. The molecule has 0 spiro atoms. The highest BCUT2D eigenvalue weighted by Crippen LogP contribution is 2.15. The average molecular weight is 375 g/mol. The van der Waals surface area contributed by atoms with E-state index < -0.39 is 0 Å². The second kappa shape index (κ2) is 8.00. The van der Waals surface area contributed by atoms with Gasteiger partial charge >= 0.3 is 6.09 Å². The van der Waals surface area contributed by atoms with Crippen molar-refractivity contribution < 1.29 is 14.3 Å². The summed E-state index contributed by atoms with van der Waals surface area (Å²) in [5, 5.41) is 0. The Morgan fingerprint density at radius 2 is 1.32 bits per heavy atom. The van der Waals surface area contributed by atoms with Crippen LogP contribution in [0, 0.1) is 0 Å². The van der Waals surface area contributed by atoms with Gasteiger partial charge in [0.1, 0.15) is 5.75 Å². The van der Waals surface area contributed by atoms with Crippen molar-refractivity contribution in [3.05, 3.63) is 84.7 Å². The van der Waals surface area contributed by atoms with Crippen molar-refractivity contribution >= 4 is 12.0 Å². The second-order valence-corrected chi connectivity index (χ2v) is 6.60. The number of carbonyl (C=O) groups excluding carboxylic acids is 2. The topological polar surface area (TPSA) is 54.8 Å². The minimum absolute atomic E-state index is 0.0184. The normalized spacial score (nSPS) is 14.0. The molecule has 0 bridgehead atoms. The number of amides is 2. The summed E-state index contributed by atoms with van der Waals surface area (Å²) < 4.78 is 7.36. The van der Waals surface area contributed by atoms with Crippen LogP contribution in [0.3, 0.4) is 0 Å². The first-order valence-corrected chi connectivity index (χ1v) is 9.25. The van der Waals surface area contributed by atoms with Gasteiger partial charge in [-0.05, 0) is 48.5 Å². The van der Waals surface area contributed by atoms with Crippen LogP contribution in [0.1, 0.15) is 10.4 Å². The molecule has 2 amide bonds. The van der Waals surface area contributed by atoms with Gasteiger partial charge in [0.2, 0.25) is 0 Å². The second-order valence-electron chi connectivity index (χ2n) is 6.60. The highest BCUT2D eigenvalue weighted by Gasteiger charge is 2.26. The third-order valence-electron chi connectivity index (χ3n) is 4.79. The number of hydrogen-bond acceptors (Lipinski definition) is 3. The summed E-state index contributed by atoms with van der Waals surface area (Å²) >= 11 is 0. The minimum Gasteiger partial charge on any atom is -0.410 e. The molecule has 1 aromatic heterocycles. The maximum Gasteiger partial charge on any atom is 0.415 e. The predicted octanol–water partition coefficient (Wildman–Crippen LogP) is 3.43. The Morgan fingerprint density at radius 1 is 0.714 bits per heavy atom. The highest BCUT2D eigenvalue weighted by molar-refractivity contribution is 5.94. The van der Waals surface area contributed by atoms with Crippen LogP contribution in [-0.4, -0.2) is 52.5 Å². The van der Waals surface area contributed by atoms with E-state index in [4.69, 9.17) is 4.74 Å². The molecule has 0 aliphatic carbocycles. The molecule has 1 aliphatic heterocycles. The van der Waals surface area contributed by atoms with Crippen LogP contribution in [0.4, 0.5) is 4.79 Å². The number of ether oxygens (including phenoxy) is 1. The van der Waals surface area contributed by atoms with Crippen molar-refractivity contribution in [3.8, 4) is 11.4 Å². The third-order valence-corrected chi connectivity index (χ3v) is 4.79. The fourth-order valence-corrected chi connectivity index (χ4v) is 3.21. The van der Waals surface area contributed by atoms with Crippen molar-refractivity contribution in [1.82, 2.24) is 14.4 Å². The molecule has 2 aromatic carbocycles. The van der Waals surface area contributed by atoms with Crippen molar-refractivity contribution in [2.75, 3.05) is 26.2 Å². The summed E-state index contributed by atoms with van der Waals surface area (Å²) in [4.78, 5) is 28.4. The molecule has 142 valence electrons. The number of aromatic nitrogens is 1. The summed E-state index contributed by atoms with van der Waals surface area (Å²) in [5.41, 5.74) is 1.66. The van der Waals surface area contributed by atoms with Gasteiger partial charge in [0.25, 0.3) is 5.91 Å². The maximum absolute atomic E-state index is 12.7. The maximum atomic E-state index is 12.7. The Labute approximate surface area is 163 Å². The molecule has 1 fully saturated rings. The number of piperazine rings is 1. The van der Waals surface area contributed by atoms with Gasteiger partial charge in [-0.3, -0.25) is 4.79 Å². The van der Waals surface area contributed by atoms with Crippen LogP contribution in [-0.2, 0) is 0 Å². The molecular formula is C22H21N3O3. The highest BCUT2D eigenvalue weighted by atomic mass is 16.6. The van der Waals surface area contributed by atoms with Gasteiger partial charge in [0.05, 0.1) is 0 Å².